The summed E-state index contributed by atoms with van der Waals surface area (Å²) >= 11 is 0. The van der Waals surface area contributed by atoms with Crippen molar-refractivity contribution in [2.45, 2.75) is 39.7 Å². The van der Waals surface area contributed by atoms with E-state index in [2.05, 4.69) is 42.7 Å². The van der Waals surface area contributed by atoms with Crippen molar-refractivity contribution in [1.82, 2.24) is 10.6 Å². The third kappa shape index (κ3) is 5.14. The Kier molecular flexibility index (Phi) is 6.50. The van der Waals surface area contributed by atoms with Gasteiger partial charge in [-0.2, -0.15) is 0 Å². The number of carbonyl (C=O) groups is 1. The lowest BCUT2D eigenvalue weighted by molar-refractivity contribution is -0.120. The van der Waals surface area contributed by atoms with Crippen molar-refractivity contribution in [3.8, 4) is 0 Å². The van der Waals surface area contributed by atoms with Crippen LogP contribution >= 0.6 is 12.4 Å². The van der Waals surface area contributed by atoms with Gasteiger partial charge >= 0.3 is 0 Å². The largest absolute Gasteiger partial charge is 0.348 e. The quantitative estimate of drug-likeness (QED) is 0.847. The molecule has 1 aliphatic rings. The molecule has 20 heavy (non-hydrogen) atoms. The van der Waals surface area contributed by atoms with Crippen molar-refractivity contribution in [2.24, 2.45) is 5.92 Å². The van der Waals surface area contributed by atoms with Gasteiger partial charge in [0.15, 0.2) is 0 Å². The molecule has 1 unspecified atom stereocenters. The normalized spacial score (nSPS) is 15.3. The molecule has 2 N–H and O–H groups in total. The molecule has 1 amide bonds. The number of nitrogens with one attached hydrogen (secondary N) is 2. The maximum absolute atomic E-state index is 11.8. The molecule has 0 heterocycles. The first-order chi connectivity index (χ1) is 9.06. The lowest BCUT2D eigenvalue weighted by atomic mass is 10.0. The van der Waals surface area contributed by atoms with E-state index in [1.165, 1.54) is 29.5 Å². The van der Waals surface area contributed by atoms with Crippen molar-refractivity contribution in [1.29, 1.82) is 0 Å². The van der Waals surface area contributed by atoms with Crippen molar-refractivity contribution < 1.29 is 4.79 Å². The Bertz CT molecular complexity index is 458. The van der Waals surface area contributed by atoms with E-state index in [-0.39, 0.29) is 24.4 Å². The SMILES string of the molecule is Cc1ccc(C(C)NC(=O)CNCC2CC2)c(C)c1.Cl. The van der Waals surface area contributed by atoms with Crippen LogP contribution in [0.1, 0.15) is 42.5 Å². The summed E-state index contributed by atoms with van der Waals surface area (Å²) in [7, 11) is 0. The van der Waals surface area contributed by atoms with Crippen LogP contribution in [0.25, 0.3) is 0 Å². The number of aryl methyl sites for hydroxylation is 2. The molecule has 0 radical (unpaired) electrons. The average molecular weight is 297 g/mol. The molecule has 1 atom stereocenters. The zero-order valence-electron chi connectivity index (χ0n) is 12.5. The first-order valence-electron chi connectivity index (χ1n) is 7.13. The van der Waals surface area contributed by atoms with Crippen LogP contribution in [0.3, 0.4) is 0 Å². The van der Waals surface area contributed by atoms with Gasteiger partial charge in [0.05, 0.1) is 12.6 Å². The molecule has 4 heteroatoms. The third-order valence-corrected chi connectivity index (χ3v) is 3.68. The highest BCUT2D eigenvalue weighted by Crippen LogP contribution is 2.27. The van der Waals surface area contributed by atoms with E-state index in [0.717, 1.165) is 12.5 Å². The Morgan fingerprint density at radius 3 is 2.65 bits per heavy atom. The number of benzene rings is 1. The van der Waals surface area contributed by atoms with Crippen molar-refractivity contribution in [2.75, 3.05) is 13.1 Å². The Morgan fingerprint density at radius 2 is 2.05 bits per heavy atom. The summed E-state index contributed by atoms with van der Waals surface area (Å²) in [5.74, 6) is 0.887. The molecule has 0 aliphatic heterocycles. The van der Waals surface area contributed by atoms with Crippen LogP contribution in [0.2, 0.25) is 0 Å². The van der Waals surface area contributed by atoms with E-state index in [9.17, 15) is 4.79 Å². The van der Waals surface area contributed by atoms with Gasteiger partial charge in [0.1, 0.15) is 0 Å². The summed E-state index contributed by atoms with van der Waals surface area (Å²) in [6.07, 6.45) is 2.63. The van der Waals surface area contributed by atoms with Gasteiger partial charge in [-0.3, -0.25) is 4.79 Å². The number of hydrogen-bond acceptors (Lipinski definition) is 2. The van der Waals surface area contributed by atoms with Gasteiger partial charge in [-0.15, -0.1) is 12.4 Å². The van der Waals surface area contributed by atoms with Crippen LogP contribution in [-0.2, 0) is 4.79 Å². The molecule has 1 aliphatic carbocycles. The molecule has 1 aromatic carbocycles. The topological polar surface area (TPSA) is 41.1 Å². The highest BCUT2D eigenvalue weighted by molar-refractivity contribution is 5.85. The second kappa shape index (κ2) is 7.65. The first-order valence-corrected chi connectivity index (χ1v) is 7.13. The number of hydrogen-bond donors (Lipinski definition) is 2. The minimum atomic E-state index is 0. The van der Waals surface area contributed by atoms with Gasteiger partial charge < -0.3 is 10.6 Å². The van der Waals surface area contributed by atoms with E-state index in [4.69, 9.17) is 0 Å². The van der Waals surface area contributed by atoms with Crippen molar-refractivity contribution in [3.05, 3.63) is 34.9 Å². The van der Waals surface area contributed by atoms with E-state index in [1.54, 1.807) is 0 Å². The molecule has 2 rings (SSSR count). The van der Waals surface area contributed by atoms with Crippen LogP contribution < -0.4 is 10.6 Å². The first kappa shape index (κ1) is 17.0. The Labute approximate surface area is 127 Å². The average Bonchev–Trinajstić information content (AvgIpc) is 3.12. The number of halogens is 1. The standard InChI is InChI=1S/C16H24N2O.ClH/c1-11-4-7-15(12(2)8-11)13(3)18-16(19)10-17-9-14-5-6-14;/h4,7-8,13-14,17H,5-6,9-10H2,1-3H3,(H,18,19);1H. The van der Waals surface area contributed by atoms with Gasteiger partial charge in [-0.05, 0) is 57.2 Å². The van der Waals surface area contributed by atoms with E-state index >= 15 is 0 Å². The summed E-state index contributed by atoms with van der Waals surface area (Å²) in [5.41, 5.74) is 3.69. The molecule has 3 nitrogen and oxygen atoms in total. The number of carbonyl (C=O) groups excluding carboxylic acids is 1. The molecule has 0 spiro atoms. The Morgan fingerprint density at radius 1 is 1.35 bits per heavy atom. The lowest BCUT2D eigenvalue weighted by Gasteiger charge is -2.17. The summed E-state index contributed by atoms with van der Waals surface area (Å²) < 4.78 is 0. The minimum absolute atomic E-state index is 0. The summed E-state index contributed by atoms with van der Waals surface area (Å²) in [6, 6.07) is 6.42. The number of amides is 1. The van der Waals surface area contributed by atoms with E-state index in [0.29, 0.717) is 6.54 Å². The fourth-order valence-corrected chi connectivity index (χ4v) is 2.39. The molecule has 112 valence electrons. The molecular formula is C16H25ClN2O. The smallest absolute Gasteiger partial charge is 0.234 e. The van der Waals surface area contributed by atoms with Crippen molar-refractivity contribution >= 4 is 18.3 Å². The van der Waals surface area contributed by atoms with Gasteiger partial charge in [0.2, 0.25) is 5.91 Å². The minimum Gasteiger partial charge on any atom is -0.348 e. The molecule has 0 saturated heterocycles. The van der Waals surface area contributed by atoms with E-state index in [1.807, 2.05) is 6.92 Å². The fraction of sp³-hybridized carbons (Fsp3) is 0.562. The van der Waals surface area contributed by atoms with Gasteiger partial charge in [-0.1, -0.05) is 23.8 Å². The molecular weight excluding hydrogens is 272 g/mol. The van der Waals surface area contributed by atoms with Crippen molar-refractivity contribution in [3.63, 3.8) is 0 Å². The lowest BCUT2D eigenvalue weighted by Crippen LogP contribution is -2.36. The van der Waals surface area contributed by atoms with E-state index < -0.39 is 0 Å². The van der Waals surface area contributed by atoms with Crippen LogP contribution in [0, 0.1) is 19.8 Å². The van der Waals surface area contributed by atoms with Gasteiger partial charge in [-0.25, -0.2) is 0 Å². The maximum atomic E-state index is 11.8. The van der Waals surface area contributed by atoms with Gasteiger partial charge in [0.25, 0.3) is 0 Å². The molecule has 0 bridgehead atoms. The van der Waals surface area contributed by atoms with Crippen LogP contribution in [0.5, 0.6) is 0 Å². The van der Waals surface area contributed by atoms with Crippen LogP contribution in [0.15, 0.2) is 18.2 Å². The van der Waals surface area contributed by atoms with Gasteiger partial charge in [0, 0.05) is 0 Å². The zero-order chi connectivity index (χ0) is 13.8. The summed E-state index contributed by atoms with van der Waals surface area (Å²) in [4.78, 5) is 11.8. The third-order valence-electron chi connectivity index (χ3n) is 3.68. The zero-order valence-corrected chi connectivity index (χ0v) is 13.3. The second-order valence-electron chi connectivity index (χ2n) is 5.72. The maximum Gasteiger partial charge on any atom is 0.234 e. The highest BCUT2D eigenvalue weighted by Gasteiger charge is 2.20. The predicted octanol–water partition coefficient (Wildman–Crippen LogP) is 2.90. The predicted molar refractivity (Wildman–Crippen MR) is 85.3 cm³/mol. The monoisotopic (exact) mass is 296 g/mol. The summed E-state index contributed by atoms with van der Waals surface area (Å²) in [5, 5.41) is 6.26. The second-order valence-corrected chi connectivity index (χ2v) is 5.72. The summed E-state index contributed by atoms with van der Waals surface area (Å²) in [6.45, 7) is 7.62. The fourth-order valence-electron chi connectivity index (χ4n) is 2.39. The Balaban J connectivity index is 0.00000200. The Hall–Kier alpha value is -1.06. The highest BCUT2D eigenvalue weighted by atomic mass is 35.5. The number of rotatable bonds is 6. The molecule has 1 fully saturated rings. The molecule has 0 aromatic heterocycles. The van der Waals surface area contributed by atoms with Crippen LogP contribution in [0.4, 0.5) is 0 Å². The molecule has 1 saturated carbocycles. The molecule has 1 aromatic rings. The van der Waals surface area contributed by atoms with Crippen LogP contribution in [-0.4, -0.2) is 19.0 Å².